The van der Waals surface area contributed by atoms with Gasteiger partial charge in [0.2, 0.25) is 0 Å². The van der Waals surface area contributed by atoms with Crippen LogP contribution < -0.4 is 10.2 Å². The highest BCUT2D eigenvalue weighted by atomic mass is 15.3. The van der Waals surface area contributed by atoms with Gasteiger partial charge in [0, 0.05) is 38.8 Å². The van der Waals surface area contributed by atoms with Crippen molar-refractivity contribution in [2.75, 3.05) is 38.1 Å². The zero-order valence-corrected chi connectivity index (χ0v) is 12.4. The summed E-state index contributed by atoms with van der Waals surface area (Å²) in [6.45, 7) is 9.88. The van der Waals surface area contributed by atoms with E-state index < -0.39 is 0 Å². The Hall–Kier alpha value is -1.13. The fourth-order valence-corrected chi connectivity index (χ4v) is 2.57. The van der Waals surface area contributed by atoms with E-state index in [1.54, 1.807) is 0 Å². The lowest BCUT2D eigenvalue weighted by molar-refractivity contribution is 0.192. The standard InChI is InChI=1S/C15H26N4/c1-4-13(2)18-8-10-19(11-9-18)15-7-5-6-14(17-15)12-16-3/h5-7,13,16H,4,8-12H2,1-3H3. The van der Waals surface area contributed by atoms with Crippen molar-refractivity contribution in [1.29, 1.82) is 0 Å². The van der Waals surface area contributed by atoms with Gasteiger partial charge in [-0.2, -0.15) is 0 Å². The monoisotopic (exact) mass is 262 g/mol. The van der Waals surface area contributed by atoms with Crippen molar-refractivity contribution in [2.24, 2.45) is 0 Å². The van der Waals surface area contributed by atoms with Crippen LogP contribution >= 0.6 is 0 Å². The van der Waals surface area contributed by atoms with Gasteiger partial charge in [-0.05, 0) is 32.5 Å². The maximum absolute atomic E-state index is 4.72. The van der Waals surface area contributed by atoms with Gasteiger partial charge in [-0.1, -0.05) is 13.0 Å². The van der Waals surface area contributed by atoms with E-state index in [9.17, 15) is 0 Å². The van der Waals surface area contributed by atoms with Gasteiger partial charge in [-0.15, -0.1) is 0 Å². The molecular formula is C15H26N4. The highest BCUT2D eigenvalue weighted by Crippen LogP contribution is 2.16. The van der Waals surface area contributed by atoms with Crippen LogP contribution in [0.5, 0.6) is 0 Å². The number of anilines is 1. The third-order valence-corrected chi connectivity index (χ3v) is 4.00. The molecule has 1 aliphatic heterocycles. The summed E-state index contributed by atoms with van der Waals surface area (Å²) in [5.41, 5.74) is 1.12. The summed E-state index contributed by atoms with van der Waals surface area (Å²) >= 11 is 0. The van der Waals surface area contributed by atoms with Gasteiger partial charge in [-0.3, -0.25) is 4.90 Å². The lowest BCUT2D eigenvalue weighted by atomic mass is 10.2. The zero-order valence-electron chi connectivity index (χ0n) is 12.4. The number of piperazine rings is 1. The largest absolute Gasteiger partial charge is 0.354 e. The number of hydrogen-bond acceptors (Lipinski definition) is 4. The van der Waals surface area contributed by atoms with Crippen LogP contribution in [0.4, 0.5) is 5.82 Å². The molecule has 1 atom stereocenters. The van der Waals surface area contributed by atoms with Crippen molar-refractivity contribution in [2.45, 2.75) is 32.9 Å². The second-order valence-electron chi connectivity index (χ2n) is 5.30. The van der Waals surface area contributed by atoms with Crippen LogP contribution in [-0.4, -0.2) is 49.2 Å². The predicted octanol–water partition coefficient (Wildman–Crippen LogP) is 1.72. The van der Waals surface area contributed by atoms with Gasteiger partial charge < -0.3 is 10.2 Å². The van der Waals surface area contributed by atoms with E-state index in [1.165, 1.54) is 6.42 Å². The van der Waals surface area contributed by atoms with Crippen molar-refractivity contribution in [3.05, 3.63) is 23.9 Å². The van der Waals surface area contributed by atoms with E-state index in [0.717, 1.165) is 44.2 Å². The highest BCUT2D eigenvalue weighted by molar-refractivity contribution is 5.39. The molecule has 1 N–H and O–H groups in total. The second kappa shape index (κ2) is 6.87. The topological polar surface area (TPSA) is 31.4 Å². The molecule has 4 heteroatoms. The molecule has 4 nitrogen and oxygen atoms in total. The molecule has 1 aliphatic rings. The summed E-state index contributed by atoms with van der Waals surface area (Å²) < 4.78 is 0. The normalized spacial score (nSPS) is 18.6. The Kier molecular flexibility index (Phi) is 5.16. The minimum Gasteiger partial charge on any atom is -0.354 e. The summed E-state index contributed by atoms with van der Waals surface area (Å²) in [7, 11) is 1.96. The Labute approximate surface area is 116 Å². The molecule has 1 fully saturated rings. The molecule has 0 saturated carbocycles. The third-order valence-electron chi connectivity index (χ3n) is 4.00. The van der Waals surface area contributed by atoms with Crippen molar-refractivity contribution < 1.29 is 0 Å². The fourth-order valence-electron chi connectivity index (χ4n) is 2.57. The van der Waals surface area contributed by atoms with Gasteiger partial charge in [0.05, 0.1) is 5.69 Å². The van der Waals surface area contributed by atoms with Crippen molar-refractivity contribution in [1.82, 2.24) is 15.2 Å². The summed E-state index contributed by atoms with van der Waals surface area (Å²) in [6, 6.07) is 7.01. The molecule has 1 saturated heterocycles. The van der Waals surface area contributed by atoms with Crippen LogP contribution in [-0.2, 0) is 6.54 Å². The Morgan fingerprint density at radius 1 is 1.26 bits per heavy atom. The molecule has 1 unspecified atom stereocenters. The van der Waals surface area contributed by atoms with Crippen LogP contribution in [0.2, 0.25) is 0 Å². The molecule has 0 aromatic carbocycles. The molecule has 0 radical (unpaired) electrons. The molecule has 106 valence electrons. The first-order valence-corrected chi connectivity index (χ1v) is 7.34. The van der Waals surface area contributed by atoms with E-state index in [2.05, 4.69) is 47.2 Å². The maximum Gasteiger partial charge on any atom is 0.128 e. The average molecular weight is 262 g/mol. The molecular weight excluding hydrogens is 236 g/mol. The predicted molar refractivity (Wildman–Crippen MR) is 80.5 cm³/mol. The SMILES string of the molecule is CCC(C)N1CCN(c2cccc(CNC)n2)CC1. The van der Waals surface area contributed by atoms with Crippen LogP contribution in [0.15, 0.2) is 18.2 Å². The van der Waals surface area contributed by atoms with Crippen molar-refractivity contribution in [3.63, 3.8) is 0 Å². The van der Waals surface area contributed by atoms with Crippen molar-refractivity contribution >= 4 is 5.82 Å². The number of pyridine rings is 1. The zero-order chi connectivity index (χ0) is 13.7. The Bertz CT molecular complexity index is 385. The second-order valence-corrected chi connectivity index (χ2v) is 5.30. The summed E-state index contributed by atoms with van der Waals surface area (Å²) in [5, 5.41) is 3.15. The van der Waals surface area contributed by atoms with Gasteiger partial charge in [0.25, 0.3) is 0 Å². The Morgan fingerprint density at radius 3 is 2.63 bits per heavy atom. The van der Waals surface area contributed by atoms with Gasteiger partial charge in [0.15, 0.2) is 0 Å². The fraction of sp³-hybridized carbons (Fsp3) is 0.667. The molecule has 19 heavy (non-hydrogen) atoms. The molecule has 0 bridgehead atoms. The van der Waals surface area contributed by atoms with Gasteiger partial charge in [-0.25, -0.2) is 4.98 Å². The minimum absolute atomic E-state index is 0.700. The van der Waals surface area contributed by atoms with E-state index in [1.807, 2.05) is 7.05 Å². The molecule has 2 rings (SSSR count). The quantitative estimate of drug-likeness (QED) is 0.875. The number of nitrogens with zero attached hydrogens (tertiary/aromatic N) is 3. The minimum atomic E-state index is 0.700. The van der Waals surface area contributed by atoms with Gasteiger partial charge in [0.1, 0.15) is 5.82 Å². The summed E-state index contributed by atoms with van der Waals surface area (Å²) in [4.78, 5) is 9.70. The molecule has 0 aliphatic carbocycles. The van der Waals surface area contributed by atoms with Crippen molar-refractivity contribution in [3.8, 4) is 0 Å². The van der Waals surface area contributed by atoms with E-state index in [0.29, 0.717) is 6.04 Å². The molecule has 0 amide bonds. The van der Waals surface area contributed by atoms with Crippen LogP contribution in [0.1, 0.15) is 26.0 Å². The highest BCUT2D eigenvalue weighted by Gasteiger charge is 2.20. The summed E-state index contributed by atoms with van der Waals surface area (Å²) in [5.74, 6) is 1.12. The summed E-state index contributed by atoms with van der Waals surface area (Å²) in [6.07, 6.45) is 1.23. The van der Waals surface area contributed by atoms with E-state index >= 15 is 0 Å². The third kappa shape index (κ3) is 3.67. The molecule has 0 spiro atoms. The van der Waals surface area contributed by atoms with Crippen LogP contribution in [0, 0.1) is 0 Å². The molecule has 2 heterocycles. The van der Waals surface area contributed by atoms with E-state index in [4.69, 9.17) is 4.98 Å². The first-order chi connectivity index (χ1) is 9.24. The number of aromatic nitrogens is 1. The number of rotatable bonds is 5. The average Bonchev–Trinajstić information content (AvgIpc) is 2.47. The smallest absolute Gasteiger partial charge is 0.128 e. The lowest BCUT2D eigenvalue weighted by Crippen LogP contribution is -2.49. The first-order valence-electron chi connectivity index (χ1n) is 7.34. The van der Waals surface area contributed by atoms with E-state index in [-0.39, 0.29) is 0 Å². The molecule has 1 aromatic rings. The number of hydrogen-bond donors (Lipinski definition) is 1. The Morgan fingerprint density at radius 2 is 2.00 bits per heavy atom. The maximum atomic E-state index is 4.72. The van der Waals surface area contributed by atoms with Gasteiger partial charge >= 0.3 is 0 Å². The van der Waals surface area contributed by atoms with Crippen LogP contribution in [0.3, 0.4) is 0 Å². The Balaban J connectivity index is 1.95. The molecule has 1 aromatic heterocycles. The first kappa shape index (κ1) is 14.3. The lowest BCUT2D eigenvalue weighted by Gasteiger charge is -2.38. The number of nitrogens with one attached hydrogen (secondary N) is 1. The van der Waals surface area contributed by atoms with Crippen LogP contribution in [0.25, 0.3) is 0 Å².